The largest absolute Gasteiger partial charge is 0.493 e. The van der Waals surface area contributed by atoms with Crippen molar-refractivity contribution in [3.05, 3.63) is 65.0 Å². The van der Waals surface area contributed by atoms with Gasteiger partial charge < -0.3 is 4.74 Å². The molecular weight excluding hydrogens is 255 g/mol. The number of hydrogen-bond acceptors (Lipinski definition) is 3. The number of ether oxygens (including phenoxy) is 1. The number of hydrogen-bond donors (Lipinski definition) is 2. The Hall–Kier alpha value is -1.91. The van der Waals surface area contributed by atoms with Crippen molar-refractivity contribution >= 4 is 0 Å². The third kappa shape index (κ3) is 2.53. The average Bonchev–Trinajstić information content (AvgIpc) is 2.93. The van der Waals surface area contributed by atoms with E-state index in [1.807, 2.05) is 18.2 Å². The van der Waals surface area contributed by atoms with Gasteiger partial charge in [0.2, 0.25) is 0 Å². The summed E-state index contributed by atoms with van der Waals surface area (Å²) in [6, 6.07) is 12.6. The number of hydrazine groups is 1. The lowest BCUT2D eigenvalue weighted by molar-refractivity contribution is 0.348. The standard InChI is InChI=1S/C16H17FN2O/c17-13-5-1-3-11(9-13)10-15(19-18)14-6-2-4-12-7-8-20-16(12)14/h1-6,9,15,19H,7-8,10,18H2. The molecule has 0 radical (unpaired) electrons. The van der Waals surface area contributed by atoms with Gasteiger partial charge in [-0.15, -0.1) is 0 Å². The van der Waals surface area contributed by atoms with E-state index >= 15 is 0 Å². The summed E-state index contributed by atoms with van der Waals surface area (Å²) in [7, 11) is 0. The van der Waals surface area contributed by atoms with E-state index in [1.165, 1.54) is 17.7 Å². The van der Waals surface area contributed by atoms with Crippen LogP contribution in [0, 0.1) is 5.82 Å². The van der Waals surface area contributed by atoms with Crippen molar-refractivity contribution in [1.82, 2.24) is 5.43 Å². The molecule has 0 spiro atoms. The van der Waals surface area contributed by atoms with E-state index in [2.05, 4.69) is 11.5 Å². The van der Waals surface area contributed by atoms with E-state index in [-0.39, 0.29) is 11.9 Å². The molecule has 3 rings (SSSR count). The Bertz CT molecular complexity index is 615. The summed E-state index contributed by atoms with van der Waals surface area (Å²) in [6.07, 6.45) is 1.55. The molecule has 0 bridgehead atoms. The van der Waals surface area contributed by atoms with Gasteiger partial charge in [0.05, 0.1) is 12.6 Å². The van der Waals surface area contributed by atoms with Crippen molar-refractivity contribution in [2.75, 3.05) is 6.61 Å². The van der Waals surface area contributed by atoms with Crippen LogP contribution < -0.4 is 16.0 Å². The number of benzene rings is 2. The summed E-state index contributed by atoms with van der Waals surface area (Å²) < 4.78 is 19.0. The van der Waals surface area contributed by atoms with Gasteiger partial charge in [0.25, 0.3) is 0 Å². The topological polar surface area (TPSA) is 47.3 Å². The van der Waals surface area contributed by atoms with Gasteiger partial charge in [0.15, 0.2) is 0 Å². The zero-order valence-corrected chi connectivity index (χ0v) is 11.1. The Labute approximate surface area is 117 Å². The Kier molecular flexibility index (Phi) is 3.67. The minimum Gasteiger partial charge on any atom is -0.493 e. The number of nitrogens with two attached hydrogens (primary N) is 1. The Morgan fingerprint density at radius 2 is 2.10 bits per heavy atom. The van der Waals surface area contributed by atoms with Crippen molar-refractivity contribution < 1.29 is 9.13 Å². The summed E-state index contributed by atoms with van der Waals surface area (Å²) in [5.41, 5.74) is 5.96. The molecule has 3 N–H and O–H groups in total. The molecule has 0 aliphatic carbocycles. The smallest absolute Gasteiger partial charge is 0.127 e. The lowest BCUT2D eigenvalue weighted by Crippen LogP contribution is -2.29. The van der Waals surface area contributed by atoms with Gasteiger partial charge in [-0.25, -0.2) is 4.39 Å². The highest BCUT2D eigenvalue weighted by molar-refractivity contribution is 5.46. The third-order valence-corrected chi connectivity index (χ3v) is 3.65. The van der Waals surface area contributed by atoms with E-state index in [0.29, 0.717) is 13.0 Å². The molecule has 2 aromatic rings. The molecule has 3 nitrogen and oxygen atoms in total. The minimum absolute atomic E-state index is 0.0927. The van der Waals surface area contributed by atoms with Crippen LogP contribution in [0.15, 0.2) is 42.5 Å². The molecule has 1 unspecified atom stereocenters. The molecule has 0 fully saturated rings. The second-order valence-corrected chi connectivity index (χ2v) is 4.99. The summed E-state index contributed by atoms with van der Waals surface area (Å²) in [6.45, 7) is 0.712. The maximum Gasteiger partial charge on any atom is 0.127 e. The van der Waals surface area contributed by atoms with Crippen LogP contribution in [0.1, 0.15) is 22.7 Å². The van der Waals surface area contributed by atoms with Crippen LogP contribution in [0.5, 0.6) is 5.75 Å². The van der Waals surface area contributed by atoms with Crippen LogP contribution in [0.25, 0.3) is 0 Å². The first-order valence-electron chi connectivity index (χ1n) is 6.73. The van der Waals surface area contributed by atoms with Crippen LogP contribution >= 0.6 is 0 Å². The highest BCUT2D eigenvalue weighted by Crippen LogP contribution is 2.34. The quantitative estimate of drug-likeness (QED) is 0.664. The second kappa shape index (κ2) is 5.61. The molecular formula is C16H17FN2O. The van der Waals surface area contributed by atoms with E-state index < -0.39 is 0 Å². The maximum atomic E-state index is 13.3. The molecule has 0 saturated heterocycles. The Balaban J connectivity index is 1.89. The van der Waals surface area contributed by atoms with E-state index in [1.54, 1.807) is 6.07 Å². The van der Waals surface area contributed by atoms with Crippen LogP contribution in [-0.4, -0.2) is 6.61 Å². The molecule has 20 heavy (non-hydrogen) atoms. The van der Waals surface area contributed by atoms with Gasteiger partial charge in [-0.2, -0.15) is 0 Å². The van der Waals surface area contributed by atoms with Gasteiger partial charge in [-0.05, 0) is 29.7 Å². The monoisotopic (exact) mass is 272 g/mol. The number of halogens is 1. The minimum atomic E-state index is -0.229. The van der Waals surface area contributed by atoms with Crippen molar-refractivity contribution in [2.45, 2.75) is 18.9 Å². The first kappa shape index (κ1) is 13.1. The first-order valence-corrected chi connectivity index (χ1v) is 6.73. The number of fused-ring (bicyclic) bond motifs is 1. The summed E-state index contributed by atoms with van der Waals surface area (Å²) in [4.78, 5) is 0. The Morgan fingerprint density at radius 1 is 1.25 bits per heavy atom. The molecule has 4 heteroatoms. The van der Waals surface area contributed by atoms with Crippen LogP contribution in [0.3, 0.4) is 0 Å². The average molecular weight is 272 g/mol. The van der Waals surface area contributed by atoms with Crippen LogP contribution in [0.2, 0.25) is 0 Å². The maximum absolute atomic E-state index is 13.3. The predicted molar refractivity (Wildman–Crippen MR) is 75.8 cm³/mol. The third-order valence-electron chi connectivity index (χ3n) is 3.65. The van der Waals surface area contributed by atoms with Crippen LogP contribution in [-0.2, 0) is 12.8 Å². The van der Waals surface area contributed by atoms with Gasteiger partial charge >= 0.3 is 0 Å². The molecule has 1 atom stereocenters. The van der Waals surface area contributed by atoms with Crippen molar-refractivity contribution in [3.63, 3.8) is 0 Å². The van der Waals surface area contributed by atoms with Gasteiger partial charge in [-0.1, -0.05) is 30.3 Å². The first-order chi connectivity index (χ1) is 9.78. The van der Waals surface area contributed by atoms with Crippen molar-refractivity contribution in [1.29, 1.82) is 0 Å². The van der Waals surface area contributed by atoms with E-state index in [0.717, 1.165) is 23.3 Å². The normalized spacial score (nSPS) is 14.7. The molecule has 1 heterocycles. The lowest BCUT2D eigenvalue weighted by atomic mass is 9.96. The fourth-order valence-electron chi connectivity index (χ4n) is 2.67. The highest BCUT2D eigenvalue weighted by Gasteiger charge is 2.21. The number of nitrogens with one attached hydrogen (secondary N) is 1. The lowest BCUT2D eigenvalue weighted by Gasteiger charge is -2.19. The molecule has 2 aromatic carbocycles. The van der Waals surface area contributed by atoms with Gasteiger partial charge in [-0.3, -0.25) is 11.3 Å². The molecule has 0 amide bonds. The summed E-state index contributed by atoms with van der Waals surface area (Å²) in [5, 5.41) is 0. The SMILES string of the molecule is NNC(Cc1cccc(F)c1)c1cccc2c1OCC2. The molecule has 0 aromatic heterocycles. The van der Waals surface area contributed by atoms with E-state index in [4.69, 9.17) is 10.6 Å². The highest BCUT2D eigenvalue weighted by atomic mass is 19.1. The fraction of sp³-hybridized carbons (Fsp3) is 0.250. The zero-order valence-electron chi connectivity index (χ0n) is 11.1. The molecule has 1 aliphatic heterocycles. The van der Waals surface area contributed by atoms with E-state index in [9.17, 15) is 4.39 Å². The number of rotatable bonds is 4. The fourth-order valence-corrected chi connectivity index (χ4v) is 2.67. The summed E-state index contributed by atoms with van der Waals surface area (Å²) >= 11 is 0. The van der Waals surface area contributed by atoms with Crippen molar-refractivity contribution in [2.24, 2.45) is 5.84 Å². The van der Waals surface area contributed by atoms with Gasteiger partial charge in [0.1, 0.15) is 11.6 Å². The second-order valence-electron chi connectivity index (χ2n) is 4.99. The van der Waals surface area contributed by atoms with Gasteiger partial charge in [0, 0.05) is 12.0 Å². The zero-order chi connectivity index (χ0) is 13.9. The molecule has 104 valence electrons. The molecule has 0 saturated carbocycles. The predicted octanol–water partition coefficient (Wildman–Crippen LogP) is 2.51. The number of para-hydroxylation sites is 1. The Morgan fingerprint density at radius 3 is 2.90 bits per heavy atom. The van der Waals surface area contributed by atoms with Crippen LogP contribution in [0.4, 0.5) is 4.39 Å². The summed E-state index contributed by atoms with van der Waals surface area (Å²) in [5.74, 6) is 6.38. The molecule has 1 aliphatic rings. The van der Waals surface area contributed by atoms with Crippen molar-refractivity contribution in [3.8, 4) is 5.75 Å².